The van der Waals surface area contributed by atoms with Crippen molar-refractivity contribution >= 4 is 15.9 Å². The first-order valence-corrected chi connectivity index (χ1v) is 5.78. The molecule has 1 aliphatic heterocycles. The van der Waals surface area contributed by atoms with E-state index in [0.717, 1.165) is 24.0 Å². The summed E-state index contributed by atoms with van der Waals surface area (Å²) in [4.78, 5) is 0. The fourth-order valence-corrected chi connectivity index (χ4v) is 2.27. The molecule has 3 heteroatoms. The van der Waals surface area contributed by atoms with Crippen molar-refractivity contribution in [2.45, 2.75) is 18.4 Å². The molecule has 1 aromatic rings. The highest BCUT2D eigenvalue weighted by molar-refractivity contribution is 9.10. The van der Waals surface area contributed by atoms with Gasteiger partial charge in [0, 0.05) is 23.0 Å². The Morgan fingerprint density at radius 2 is 2.00 bits per heavy atom. The Kier molecular flexibility index (Phi) is 3.21. The van der Waals surface area contributed by atoms with Crippen LogP contribution in [0.1, 0.15) is 17.9 Å². The van der Waals surface area contributed by atoms with Gasteiger partial charge in [0.25, 0.3) is 0 Å². The van der Waals surface area contributed by atoms with Crippen LogP contribution in [0.5, 0.6) is 0 Å². The highest BCUT2D eigenvalue weighted by Gasteiger charge is 2.22. The molecule has 0 bridgehead atoms. The SMILES string of the molecule is NC1CNCCC1c1ccc(Br)cc1. The van der Waals surface area contributed by atoms with Crippen molar-refractivity contribution in [1.29, 1.82) is 0 Å². The molecular formula is C11H15BrN2. The Morgan fingerprint density at radius 1 is 1.29 bits per heavy atom. The van der Waals surface area contributed by atoms with Gasteiger partial charge in [0.1, 0.15) is 0 Å². The Labute approximate surface area is 93.0 Å². The summed E-state index contributed by atoms with van der Waals surface area (Å²) in [5.41, 5.74) is 7.44. The summed E-state index contributed by atoms with van der Waals surface area (Å²) in [6, 6.07) is 8.76. The Hall–Kier alpha value is -0.380. The number of nitrogens with two attached hydrogens (primary N) is 1. The monoisotopic (exact) mass is 254 g/mol. The minimum Gasteiger partial charge on any atom is -0.326 e. The number of rotatable bonds is 1. The maximum Gasteiger partial charge on any atom is 0.0235 e. The molecule has 0 radical (unpaired) electrons. The van der Waals surface area contributed by atoms with Crippen LogP contribution in [-0.4, -0.2) is 19.1 Å². The molecule has 2 rings (SSSR count). The highest BCUT2D eigenvalue weighted by atomic mass is 79.9. The van der Waals surface area contributed by atoms with E-state index in [1.165, 1.54) is 5.56 Å². The van der Waals surface area contributed by atoms with E-state index in [9.17, 15) is 0 Å². The molecule has 2 atom stereocenters. The Balaban J connectivity index is 2.16. The first-order chi connectivity index (χ1) is 6.77. The van der Waals surface area contributed by atoms with Crippen molar-refractivity contribution in [2.75, 3.05) is 13.1 Å². The molecule has 1 aromatic carbocycles. The van der Waals surface area contributed by atoms with Gasteiger partial charge in [-0.25, -0.2) is 0 Å². The van der Waals surface area contributed by atoms with E-state index in [1.54, 1.807) is 0 Å². The molecular weight excluding hydrogens is 240 g/mol. The molecule has 2 nitrogen and oxygen atoms in total. The van der Waals surface area contributed by atoms with E-state index >= 15 is 0 Å². The predicted molar refractivity (Wildman–Crippen MR) is 62.3 cm³/mol. The van der Waals surface area contributed by atoms with E-state index in [1.807, 2.05) is 0 Å². The summed E-state index contributed by atoms with van der Waals surface area (Å²) in [5, 5.41) is 3.31. The van der Waals surface area contributed by atoms with Gasteiger partial charge in [-0.1, -0.05) is 28.1 Å². The summed E-state index contributed by atoms with van der Waals surface area (Å²) < 4.78 is 1.13. The summed E-state index contributed by atoms with van der Waals surface area (Å²) in [6.07, 6.45) is 1.14. The first kappa shape index (κ1) is 10.1. The maximum atomic E-state index is 6.07. The highest BCUT2D eigenvalue weighted by Crippen LogP contribution is 2.25. The minimum atomic E-state index is 0.255. The maximum absolute atomic E-state index is 6.07. The van der Waals surface area contributed by atoms with Crippen LogP contribution in [-0.2, 0) is 0 Å². The topological polar surface area (TPSA) is 38.0 Å². The van der Waals surface area contributed by atoms with Crippen molar-refractivity contribution in [1.82, 2.24) is 5.32 Å². The van der Waals surface area contributed by atoms with Gasteiger partial charge in [-0.3, -0.25) is 0 Å². The zero-order valence-corrected chi connectivity index (χ0v) is 9.63. The van der Waals surface area contributed by atoms with E-state index in [4.69, 9.17) is 5.73 Å². The van der Waals surface area contributed by atoms with Crippen LogP contribution in [0.15, 0.2) is 28.7 Å². The molecule has 0 aromatic heterocycles. The van der Waals surface area contributed by atoms with Crippen molar-refractivity contribution in [3.8, 4) is 0 Å². The average molecular weight is 255 g/mol. The summed E-state index contributed by atoms with van der Waals surface area (Å²) >= 11 is 3.44. The van der Waals surface area contributed by atoms with E-state index < -0.39 is 0 Å². The predicted octanol–water partition coefficient (Wildman–Crippen LogP) is 1.85. The third-order valence-electron chi connectivity index (χ3n) is 2.83. The van der Waals surface area contributed by atoms with Crippen molar-refractivity contribution < 1.29 is 0 Å². The second kappa shape index (κ2) is 4.43. The normalized spacial score (nSPS) is 27.6. The summed E-state index contributed by atoms with van der Waals surface area (Å²) in [5.74, 6) is 0.518. The van der Waals surface area contributed by atoms with Gasteiger partial charge in [-0.15, -0.1) is 0 Å². The second-order valence-electron chi connectivity index (χ2n) is 3.81. The zero-order chi connectivity index (χ0) is 9.97. The molecule has 0 amide bonds. The quantitative estimate of drug-likeness (QED) is 0.803. The third-order valence-corrected chi connectivity index (χ3v) is 3.36. The summed E-state index contributed by atoms with van der Waals surface area (Å²) in [7, 11) is 0. The standard InChI is InChI=1S/C11H15BrN2/c12-9-3-1-8(2-4-9)10-5-6-14-7-11(10)13/h1-4,10-11,14H,5-7,13H2. The second-order valence-corrected chi connectivity index (χ2v) is 4.73. The summed E-state index contributed by atoms with van der Waals surface area (Å²) in [6.45, 7) is 2.01. The van der Waals surface area contributed by atoms with Gasteiger partial charge in [-0.2, -0.15) is 0 Å². The largest absolute Gasteiger partial charge is 0.326 e. The van der Waals surface area contributed by atoms with Gasteiger partial charge in [-0.05, 0) is 30.7 Å². The number of hydrogen-bond donors (Lipinski definition) is 2. The molecule has 0 spiro atoms. The van der Waals surface area contributed by atoms with Gasteiger partial charge in [0.15, 0.2) is 0 Å². The first-order valence-electron chi connectivity index (χ1n) is 4.99. The van der Waals surface area contributed by atoms with Crippen LogP contribution < -0.4 is 11.1 Å². The molecule has 1 saturated heterocycles. The lowest BCUT2D eigenvalue weighted by Crippen LogP contribution is -2.44. The van der Waals surface area contributed by atoms with Crippen LogP contribution in [0.3, 0.4) is 0 Å². The Morgan fingerprint density at radius 3 is 2.64 bits per heavy atom. The third kappa shape index (κ3) is 2.16. The lowest BCUT2D eigenvalue weighted by Gasteiger charge is -2.29. The molecule has 1 aliphatic rings. The number of piperidine rings is 1. The van der Waals surface area contributed by atoms with Gasteiger partial charge in [0.05, 0.1) is 0 Å². The van der Waals surface area contributed by atoms with E-state index in [2.05, 4.69) is 45.5 Å². The molecule has 14 heavy (non-hydrogen) atoms. The van der Waals surface area contributed by atoms with Crippen LogP contribution in [0.2, 0.25) is 0 Å². The van der Waals surface area contributed by atoms with Crippen LogP contribution in [0.25, 0.3) is 0 Å². The fraction of sp³-hybridized carbons (Fsp3) is 0.455. The molecule has 1 fully saturated rings. The van der Waals surface area contributed by atoms with Crippen molar-refractivity contribution in [3.05, 3.63) is 34.3 Å². The van der Waals surface area contributed by atoms with Crippen molar-refractivity contribution in [2.24, 2.45) is 5.73 Å². The molecule has 1 heterocycles. The average Bonchev–Trinajstić information content (AvgIpc) is 2.20. The minimum absolute atomic E-state index is 0.255. The zero-order valence-electron chi connectivity index (χ0n) is 8.04. The number of benzene rings is 1. The lowest BCUT2D eigenvalue weighted by molar-refractivity contribution is 0.403. The molecule has 76 valence electrons. The fourth-order valence-electron chi connectivity index (χ4n) is 2.01. The number of hydrogen-bond acceptors (Lipinski definition) is 2. The van der Waals surface area contributed by atoms with Crippen molar-refractivity contribution in [3.63, 3.8) is 0 Å². The molecule has 0 aliphatic carbocycles. The van der Waals surface area contributed by atoms with E-state index in [0.29, 0.717) is 5.92 Å². The van der Waals surface area contributed by atoms with Gasteiger partial charge >= 0.3 is 0 Å². The van der Waals surface area contributed by atoms with Crippen LogP contribution in [0.4, 0.5) is 0 Å². The number of halogens is 1. The van der Waals surface area contributed by atoms with Gasteiger partial charge in [0.2, 0.25) is 0 Å². The molecule has 2 unspecified atom stereocenters. The van der Waals surface area contributed by atoms with E-state index in [-0.39, 0.29) is 6.04 Å². The van der Waals surface area contributed by atoms with Gasteiger partial charge < -0.3 is 11.1 Å². The Bertz CT molecular complexity index is 297. The number of nitrogens with one attached hydrogen (secondary N) is 1. The lowest BCUT2D eigenvalue weighted by atomic mass is 9.87. The molecule has 3 N–H and O–H groups in total. The van der Waals surface area contributed by atoms with Crippen LogP contribution >= 0.6 is 15.9 Å². The molecule has 0 saturated carbocycles. The van der Waals surface area contributed by atoms with Crippen LogP contribution in [0, 0.1) is 0 Å². The smallest absolute Gasteiger partial charge is 0.0235 e.